The molecule has 0 bridgehead atoms. The van der Waals surface area contributed by atoms with Crippen molar-refractivity contribution in [3.8, 4) is 5.75 Å². The Bertz CT molecular complexity index is 1470. The summed E-state index contributed by atoms with van der Waals surface area (Å²) in [5, 5.41) is 0. The van der Waals surface area contributed by atoms with Crippen molar-refractivity contribution in [2.24, 2.45) is 4.99 Å². The number of hydrogen-bond donors (Lipinski definition) is 0. The third-order valence-corrected chi connectivity index (χ3v) is 7.21. The van der Waals surface area contributed by atoms with Gasteiger partial charge in [0.15, 0.2) is 10.7 Å². The third-order valence-electron chi connectivity index (χ3n) is 6.23. The van der Waals surface area contributed by atoms with Gasteiger partial charge in [-0.2, -0.15) is 0 Å². The van der Waals surface area contributed by atoms with Crippen LogP contribution in [0.25, 0.3) is 6.08 Å². The van der Waals surface area contributed by atoms with E-state index in [0.717, 1.165) is 37.4 Å². The first-order chi connectivity index (χ1) is 17.0. The van der Waals surface area contributed by atoms with Gasteiger partial charge in [-0.3, -0.25) is 9.36 Å². The van der Waals surface area contributed by atoms with Gasteiger partial charge >= 0.3 is 5.97 Å². The highest BCUT2D eigenvalue weighted by Gasteiger charge is 2.33. The van der Waals surface area contributed by atoms with Gasteiger partial charge < -0.3 is 18.8 Å². The van der Waals surface area contributed by atoms with Crippen LogP contribution in [0.4, 0.5) is 5.88 Å². The number of benzene rings is 1. The number of rotatable bonds is 6. The van der Waals surface area contributed by atoms with Gasteiger partial charge in [0.25, 0.3) is 5.56 Å². The largest absolute Gasteiger partial charge is 0.497 e. The molecular formula is C26H27N3O5S. The Labute approximate surface area is 206 Å². The van der Waals surface area contributed by atoms with Gasteiger partial charge in [0.1, 0.15) is 11.5 Å². The SMILES string of the molecule is CCOC(=O)C1=C(C)N=c2s/c(=C\c3ccc(N4CCCC4)o3)c(=O)n2[C@@H]1c1cccc(OC)c1. The average Bonchev–Trinajstić information content (AvgIpc) is 3.60. The maximum Gasteiger partial charge on any atom is 0.338 e. The lowest BCUT2D eigenvalue weighted by atomic mass is 9.95. The maximum atomic E-state index is 13.7. The Morgan fingerprint density at radius 2 is 2.06 bits per heavy atom. The fourth-order valence-electron chi connectivity index (χ4n) is 4.57. The van der Waals surface area contributed by atoms with Gasteiger partial charge in [-0.05, 0) is 50.5 Å². The van der Waals surface area contributed by atoms with Crippen LogP contribution in [0.5, 0.6) is 5.75 Å². The molecule has 0 N–H and O–H groups in total. The van der Waals surface area contributed by atoms with Crippen molar-refractivity contribution in [3.05, 3.63) is 78.7 Å². The van der Waals surface area contributed by atoms with Gasteiger partial charge in [-0.25, -0.2) is 9.79 Å². The molecule has 0 radical (unpaired) electrons. The third kappa shape index (κ3) is 4.32. The molecule has 1 aromatic carbocycles. The van der Waals surface area contributed by atoms with E-state index in [2.05, 4.69) is 9.89 Å². The predicted octanol–water partition coefficient (Wildman–Crippen LogP) is 3.00. The first-order valence-corrected chi connectivity index (χ1v) is 12.5. The van der Waals surface area contributed by atoms with Gasteiger partial charge in [0.05, 0.1) is 35.6 Å². The van der Waals surface area contributed by atoms with Gasteiger partial charge in [0, 0.05) is 25.2 Å². The molecule has 0 spiro atoms. The van der Waals surface area contributed by atoms with Gasteiger partial charge in [-0.15, -0.1) is 0 Å². The quantitative estimate of drug-likeness (QED) is 0.491. The highest BCUT2D eigenvalue weighted by Crippen LogP contribution is 2.32. The number of hydrogen-bond acceptors (Lipinski definition) is 8. The van der Waals surface area contributed by atoms with E-state index in [1.165, 1.54) is 11.3 Å². The zero-order valence-corrected chi connectivity index (χ0v) is 20.8. The van der Waals surface area contributed by atoms with Crippen LogP contribution < -0.4 is 24.5 Å². The highest BCUT2D eigenvalue weighted by atomic mass is 32.1. The van der Waals surface area contributed by atoms with Crippen molar-refractivity contribution in [1.29, 1.82) is 0 Å². The van der Waals surface area contributed by atoms with E-state index in [9.17, 15) is 9.59 Å². The lowest BCUT2D eigenvalue weighted by molar-refractivity contribution is -0.139. The standard InChI is InChI=1S/C26H27N3O5S/c1-4-33-25(31)22-16(2)27-26-29(23(22)17-8-7-9-18(14-17)32-3)24(30)20(35-26)15-19-10-11-21(34-19)28-12-5-6-13-28/h7-11,14-15,23H,4-6,12-13H2,1-3H3/b20-15-/t23-/m1/s1. The first-order valence-electron chi connectivity index (χ1n) is 11.7. The summed E-state index contributed by atoms with van der Waals surface area (Å²) in [7, 11) is 1.58. The molecule has 5 rings (SSSR count). The number of furan rings is 1. The molecule has 1 atom stereocenters. The van der Waals surface area contributed by atoms with Crippen LogP contribution in [-0.2, 0) is 9.53 Å². The summed E-state index contributed by atoms with van der Waals surface area (Å²) >= 11 is 1.27. The molecule has 182 valence electrons. The molecule has 0 unspecified atom stereocenters. The molecule has 4 heterocycles. The Morgan fingerprint density at radius 1 is 1.26 bits per heavy atom. The van der Waals surface area contributed by atoms with Gasteiger partial charge in [-0.1, -0.05) is 23.5 Å². The van der Waals surface area contributed by atoms with Crippen molar-refractivity contribution < 1.29 is 18.7 Å². The number of thiazole rings is 1. The minimum absolute atomic E-state index is 0.225. The van der Waals surface area contributed by atoms with E-state index in [1.807, 2.05) is 36.4 Å². The molecule has 1 fully saturated rings. The van der Waals surface area contributed by atoms with E-state index in [0.29, 0.717) is 32.1 Å². The van der Waals surface area contributed by atoms with Gasteiger partial charge in [0.2, 0.25) is 0 Å². The Balaban J connectivity index is 1.64. The van der Waals surface area contributed by atoms with E-state index in [1.54, 1.807) is 31.6 Å². The minimum atomic E-state index is -0.681. The number of esters is 1. The molecule has 2 aliphatic heterocycles. The van der Waals surface area contributed by atoms with E-state index >= 15 is 0 Å². The van der Waals surface area contributed by atoms with Crippen molar-refractivity contribution in [3.63, 3.8) is 0 Å². The maximum absolute atomic E-state index is 13.7. The van der Waals surface area contributed by atoms with Crippen LogP contribution in [-0.4, -0.2) is 37.3 Å². The topological polar surface area (TPSA) is 86.3 Å². The summed E-state index contributed by atoms with van der Waals surface area (Å²) in [5.41, 5.74) is 1.37. The van der Waals surface area contributed by atoms with Crippen LogP contribution in [0, 0.1) is 0 Å². The number of nitrogens with zero attached hydrogens (tertiary/aromatic N) is 3. The van der Waals surface area contributed by atoms with Crippen molar-refractivity contribution in [1.82, 2.24) is 4.57 Å². The summed E-state index contributed by atoms with van der Waals surface area (Å²) in [6.07, 6.45) is 4.05. The summed E-state index contributed by atoms with van der Waals surface area (Å²) in [4.78, 5) is 34.0. The second kappa shape index (κ2) is 9.58. The zero-order valence-electron chi connectivity index (χ0n) is 19.9. The van der Waals surface area contributed by atoms with Crippen molar-refractivity contribution in [2.45, 2.75) is 32.7 Å². The number of anilines is 1. The molecule has 35 heavy (non-hydrogen) atoms. The van der Waals surface area contributed by atoms with Crippen LogP contribution in [0.3, 0.4) is 0 Å². The monoisotopic (exact) mass is 493 g/mol. The van der Waals surface area contributed by atoms with Crippen LogP contribution in [0.1, 0.15) is 44.1 Å². The lowest BCUT2D eigenvalue weighted by Crippen LogP contribution is -2.39. The Hall–Kier alpha value is -3.59. The second-order valence-electron chi connectivity index (χ2n) is 8.45. The molecule has 0 aliphatic carbocycles. The molecule has 3 aromatic rings. The molecule has 8 nitrogen and oxygen atoms in total. The summed E-state index contributed by atoms with van der Waals surface area (Å²) in [5.74, 6) is 1.57. The average molecular weight is 494 g/mol. The Morgan fingerprint density at radius 3 is 2.80 bits per heavy atom. The molecular weight excluding hydrogens is 466 g/mol. The van der Waals surface area contributed by atoms with Crippen molar-refractivity contribution in [2.75, 3.05) is 31.7 Å². The number of methoxy groups -OCH3 is 1. The zero-order chi connectivity index (χ0) is 24.5. The highest BCUT2D eigenvalue weighted by molar-refractivity contribution is 7.07. The second-order valence-corrected chi connectivity index (χ2v) is 9.46. The van der Waals surface area contributed by atoms with E-state index in [-0.39, 0.29) is 12.2 Å². The van der Waals surface area contributed by atoms with E-state index < -0.39 is 12.0 Å². The number of ether oxygens (including phenoxy) is 2. The van der Waals surface area contributed by atoms with E-state index in [4.69, 9.17) is 13.9 Å². The number of carbonyl (C=O) groups is 1. The fourth-order valence-corrected chi connectivity index (χ4v) is 5.60. The normalized spacial score (nSPS) is 18.0. The number of fused-ring (bicyclic) bond motifs is 1. The lowest BCUT2D eigenvalue weighted by Gasteiger charge is -2.24. The molecule has 2 aromatic heterocycles. The molecule has 1 saturated heterocycles. The first kappa shape index (κ1) is 23.2. The minimum Gasteiger partial charge on any atom is -0.497 e. The summed E-state index contributed by atoms with van der Waals surface area (Å²) < 4.78 is 18.8. The number of allylic oxidation sites excluding steroid dienone is 1. The van der Waals surface area contributed by atoms with Crippen LogP contribution in [0.15, 0.2) is 61.9 Å². The molecule has 2 aliphatic rings. The predicted molar refractivity (Wildman–Crippen MR) is 134 cm³/mol. The number of aromatic nitrogens is 1. The van der Waals surface area contributed by atoms with Crippen LogP contribution >= 0.6 is 11.3 Å². The smallest absolute Gasteiger partial charge is 0.338 e. The Kier molecular flexibility index (Phi) is 6.34. The van der Waals surface area contributed by atoms with Crippen molar-refractivity contribution >= 4 is 29.3 Å². The number of carbonyl (C=O) groups excluding carboxylic acids is 1. The molecule has 9 heteroatoms. The fraction of sp³-hybridized carbons (Fsp3) is 0.346. The summed E-state index contributed by atoms with van der Waals surface area (Å²) in [6.45, 7) is 5.70. The molecule has 0 amide bonds. The van der Waals surface area contributed by atoms with Crippen LogP contribution in [0.2, 0.25) is 0 Å². The summed E-state index contributed by atoms with van der Waals surface area (Å²) in [6, 6.07) is 10.5. The molecule has 0 saturated carbocycles.